The van der Waals surface area contributed by atoms with Gasteiger partial charge in [0.2, 0.25) is 0 Å². The number of fused-ring (bicyclic) bond motifs is 1. The predicted molar refractivity (Wildman–Crippen MR) is 88.5 cm³/mol. The van der Waals surface area contributed by atoms with E-state index in [1.807, 2.05) is 12.1 Å². The van der Waals surface area contributed by atoms with Crippen LogP contribution in [-0.2, 0) is 12.8 Å². The van der Waals surface area contributed by atoms with Crippen molar-refractivity contribution in [3.63, 3.8) is 0 Å². The van der Waals surface area contributed by atoms with Crippen LogP contribution < -0.4 is 11.1 Å². The molecule has 0 radical (unpaired) electrons. The summed E-state index contributed by atoms with van der Waals surface area (Å²) >= 11 is 0. The minimum absolute atomic E-state index is 0.0450. The zero-order chi connectivity index (χ0) is 16.4. The number of rotatable bonds is 3. The van der Waals surface area contributed by atoms with Crippen LogP contribution in [0.2, 0.25) is 0 Å². The molecule has 0 atom stereocenters. The molecule has 118 valence electrons. The molecule has 2 aromatic carbocycles. The smallest absolute Gasteiger partial charge is 0.292 e. The maximum atomic E-state index is 12.4. The van der Waals surface area contributed by atoms with Crippen LogP contribution in [0.1, 0.15) is 34.3 Å². The maximum absolute atomic E-state index is 12.4. The van der Waals surface area contributed by atoms with E-state index in [2.05, 4.69) is 11.4 Å². The Kier molecular flexibility index (Phi) is 3.97. The molecule has 0 unspecified atom stereocenters. The number of nitrogens with one attached hydrogen (secondary N) is 1. The van der Waals surface area contributed by atoms with Gasteiger partial charge in [-0.3, -0.25) is 14.9 Å². The van der Waals surface area contributed by atoms with Gasteiger partial charge in [-0.2, -0.15) is 0 Å². The fourth-order valence-electron chi connectivity index (χ4n) is 2.94. The van der Waals surface area contributed by atoms with Gasteiger partial charge in [0.15, 0.2) is 0 Å². The summed E-state index contributed by atoms with van der Waals surface area (Å²) in [5, 5.41) is 13.8. The molecule has 0 heterocycles. The van der Waals surface area contributed by atoms with Gasteiger partial charge in [-0.05, 0) is 55.0 Å². The molecule has 0 bridgehead atoms. The normalized spacial score (nSPS) is 13.2. The van der Waals surface area contributed by atoms with Crippen molar-refractivity contribution in [3.8, 4) is 0 Å². The van der Waals surface area contributed by atoms with Crippen LogP contribution in [0.5, 0.6) is 0 Å². The van der Waals surface area contributed by atoms with Gasteiger partial charge in [0, 0.05) is 17.3 Å². The van der Waals surface area contributed by atoms with Gasteiger partial charge in [0.25, 0.3) is 11.6 Å². The van der Waals surface area contributed by atoms with Crippen LogP contribution in [0, 0.1) is 10.1 Å². The molecule has 3 rings (SSSR count). The van der Waals surface area contributed by atoms with Gasteiger partial charge in [0.05, 0.1) is 4.92 Å². The number of anilines is 2. The molecular formula is C17H17N3O3. The van der Waals surface area contributed by atoms with E-state index in [-0.39, 0.29) is 22.8 Å². The average molecular weight is 311 g/mol. The largest absolute Gasteiger partial charge is 0.393 e. The van der Waals surface area contributed by atoms with Crippen molar-refractivity contribution in [3.05, 3.63) is 63.2 Å². The third-order valence-corrected chi connectivity index (χ3v) is 4.13. The van der Waals surface area contributed by atoms with E-state index < -0.39 is 4.92 Å². The summed E-state index contributed by atoms with van der Waals surface area (Å²) in [6.07, 6.45) is 4.22. The SMILES string of the molecule is Nc1ccc(C(=O)Nc2cccc3c2CCCC3)cc1[N+](=O)[O-]. The predicted octanol–water partition coefficient (Wildman–Crippen LogP) is 3.31. The third kappa shape index (κ3) is 3.01. The molecule has 1 aliphatic carbocycles. The Morgan fingerprint density at radius 2 is 1.96 bits per heavy atom. The van der Waals surface area contributed by atoms with Crippen molar-refractivity contribution < 1.29 is 9.72 Å². The lowest BCUT2D eigenvalue weighted by Gasteiger charge is -2.19. The van der Waals surface area contributed by atoms with Gasteiger partial charge < -0.3 is 11.1 Å². The van der Waals surface area contributed by atoms with Crippen LogP contribution in [0.25, 0.3) is 0 Å². The number of nitrogens with two attached hydrogens (primary N) is 1. The fraction of sp³-hybridized carbons (Fsp3) is 0.235. The van der Waals surface area contributed by atoms with E-state index in [1.165, 1.54) is 23.8 Å². The van der Waals surface area contributed by atoms with Crippen molar-refractivity contribution >= 4 is 23.0 Å². The van der Waals surface area contributed by atoms with Gasteiger partial charge in [-0.25, -0.2) is 0 Å². The summed E-state index contributed by atoms with van der Waals surface area (Å²) in [7, 11) is 0. The molecule has 0 fully saturated rings. The highest BCUT2D eigenvalue weighted by atomic mass is 16.6. The number of nitrogens with zero attached hydrogens (tertiary/aromatic N) is 1. The first-order valence-electron chi connectivity index (χ1n) is 7.52. The van der Waals surface area contributed by atoms with Crippen molar-refractivity contribution in [2.24, 2.45) is 0 Å². The number of aryl methyl sites for hydroxylation is 1. The first-order chi connectivity index (χ1) is 11.1. The molecule has 0 aromatic heterocycles. The Balaban J connectivity index is 1.88. The lowest BCUT2D eigenvalue weighted by Crippen LogP contribution is -2.15. The van der Waals surface area contributed by atoms with Crippen LogP contribution in [-0.4, -0.2) is 10.8 Å². The highest BCUT2D eigenvalue weighted by Gasteiger charge is 2.18. The minimum atomic E-state index is -0.587. The summed E-state index contributed by atoms with van der Waals surface area (Å²) < 4.78 is 0. The molecule has 0 saturated heterocycles. The molecule has 1 aliphatic rings. The quantitative estimate of drug-likeness (QED) is 0.516. The molecule has 6 nitrogen and oxygen atoms in total. The van der Waals surface area contributed by atoms with Crippen LogP contribution in [0.3, 0.4) is 0 Å². The number of amides is 1. The Bertz CT molecular complexity index is 787. The summed E-state index contributed by atoms with van der Waals surface area (Å²) in [5.41, 5.74) is 8.78. The van der Waals surface area contributed by atoms with Gasteiger partial charge in [0.1, 0.15) is 5.69 Å². The van der Waals surface area contributed by atoms with E-state index in [0.29, 0.717) is 0 Å². The number of benzene rings is 2. The van der Waals surface area contributed by atoms with Gasteiger partial charge in [-0.15, -0.1) is 0 Å². The Labute approximate surface area is 133 Å². The van der Waals surface area contributed by atoms with Crippen LogP contribution >= 0.6 is 0 Å². The lowest BCUT2D eigenvalue weighted by atomic mass is 9.90. The first kappa shape index (κ1) is 15.0. The topological polar surface area (TPSA) is 98.3 Å². The Morgan fingerprint density at radius 3 is 2.74 bits per heavy atom. The summed E-state index contributed by atoms with van der Waals surface area (Å²) in [6, 6.07) is 9.96. The number of carbonyl (C=O) groups excluding carboxylic acids is 1. The van der Waals surface area contributed by atoms with Crippen molar-refractivity contribution in [2.45, 2.75) is 25.7 Å². The van der Waals surface area contributed by atoms with Gasteiger partial charge >= 0.3 is 0 Å². The zero-order valence-corrected chi connectivity index (χ0v) is 12.5. The molecule has 2 aromatic rings. The number of nitrogen functional groups attached to an aromatic ring is 1. The number of nitro groups is 1. The van der Waals surface area contributed by atoms with E-state index in [0.717, 1.165) is 36.9 Å². The van der Waals surface area contributed by atoms with Crippen molar-refractivity contribution in [2.75, 3.05) is 11.1 Å². The minimum Gasteiger partial charge on any atom is -0.393 e. The van der Waals surface area contributed by atoms with E-state index in [9.17, 15) is 14.9 Å². The van der Waals surface area contributed by atoms with Crippen LogP contribution in [0.4, 0.5) is 17.1 Å². The second kappa shape index (κ2) is 6.08. The molecule has 0 aliphatic heterocycles. The summed E-state index contributed by atoms with van der Waals surface area (Å²) in [6.45, 7) is 0. The Morgan fingerprint density at radius 1 is 1.17 bits per heavy atom. The third-order valence-electron chi connectivity index (χ3n) is 4.13. The number of nitro benzene ring substituents is 1. The number of carbonyl (C=O) groups is 1. The molecule has 0 spiro atoms. The number of hydrogen-bond acceptors (Lipinski definition) is 4. The highest BCUT2D eigenvalue weighted by Crippen LogP contribution is 2.29. The van der Waals surface area contributed by atoms with Crippen LogP contribution in [0.15, 0.2) is 36.4 Å². The molecule has 3 N–H and O–H groups in total. The maximum Gasteiger partial charge on any atom is 0.292 e. The van der Waals surface area contributed by atoms with E-state index in [1.54, 1.807) is 0 Å². The Hall–Kier alpha value is -2.89. The molecule has 23 heavy (non-hydrogen) atoms. The van der Waals surface area contributed by atoms with Crippen molar-refractivity contribution in [1.82, 2.24) is 0 Å². The summed E-state index contributed by atoms with van der Waals surface area (Å²) in [5.74, 6) is -0.368. The highest BCUT2D eigenvalue weighted by molar-refractivity contribution is 6.05. The lowest BCUT2D eigenvalue weighted by molar-refractivity contribution is -0.383. The first-order valence-corrected chi connectivity index (χ1v) is 7.52. The standard InChI is InChI=1S/C17H17N3O3/c18-14-9-8-12(10-16(14)20(22)23)17(21)19-15-7-3-5-11-4-1-2-6-13(11)15/h3,5,7-10H,1-2,4,6,18H2,(H,19,21). The van der Waals surface area contributed by atoms with E-state index >= 15 is 0 Å². The monoisotopic (exact) mass is 311 g/mol. The average Bonchev–Trinajstić information content (AvgIpc) is 2.55. The van der Waals surface area contributed by atoms with E-state index in [4.69, 9.17) is 5.73 Å². The molecule has 6 heteroatoms. The molecular weight excluding hydrogens is 294 g/mol. The molecule has 0 saturated carbocycles. The summed E-state index contributed by atoms with van der Waals surface area (Å²) in [4.78, 5) is 22.8. The molecule has 1 amide bonds. The fourth-order valence-corrected chi connectivity index (χ4v) is 2.94. The number of hydrogen-bond donors (Lipinski definition) is 2. The second-order valence-corrected chi connectivity index (χ2v) is 5.64. The zero-order valence-electron chi connectivity index (χ0n) is 12.5. The van der Waals surface area contributed by atoms with Crippen molar-refractivity contribution in [1.29, 1.82) is 0 Å². The second-order valence-electron chi connectivity index (χ2n) is 5.64. The van der Waals surface area contributed by atoms with Gasteiger partial charge in [-0.1, -0.05) is 12.1 Å².